The Kier molecular flexibility index (Phi) is 5.98. The normalized spacial score (nSPS) is 13.6. The molecule has 35 heavy (non-hydrogen) atoms. The highest BCUT2D eigenvalue weighted by Gasteiger charge is 2.22. The molecule has 9 nitrogen and oxygen atoms in total. The average Bonchev–Trinajstić information content (AvgIpc) is 3.31. The number of ether oxygens (including phenoxy) is 2. The van der Waals surface area contributed by atoms with Crippen molar-refractivity contribution in [3.8, 4) is 22.8 Å². The average molecular weight is 473 g/mol. The molecule has 1 amide bonds. The minimum atomic E-state index is -0.100. The third kappa shape index (κ3) is 4.49. The van der Waals surface area contributed by atoms with Gasteiger partial charge in [-0.25, -0.2) is 9.97 Å². The summed E-state index contributed by atoms with van der Waals surface area (Å²) in [4.78, 5) is 30.5. The summed E-state index contributed by atoms with van der Waals surface area (Å²) in [6.07, 6.45) is 4.84. The van der Waals surface area contributed by atoms with Crippen LogP contribution in [0.25, 0.3) is 22.3 Å². The van der Waals surface area contributed by atoms with E-state index in [9.17, 15) is 4.79 Å². The van der Waals surface area contributed by atoms with Crippen LogP contribution in [-0.2, 0) is 0 Å². The number of rotatable bonds is 6. The number of fused-ring (bicyclic) bond motifs is 2. The van der Waals surface area contributed by atoms with Crippen LogP contribution in [0.4, 0.5) is 5.82 Å². The van der Waals surface area contributed by atoms with Gasteiger partial charge in [-0.15, -0.1) is 0 Å². The highest BCUT2D eigenvalue weighted by Crippen LogP contribution is 2.36. The van der Waals surface area contributed by atoms with Crippen LogP contribution in [0, 0.1) is 5.92 Å². The molecule has 0 aliphatic carbocycles. The Hall–Kier alpha value is -4.14. The zero-order valence-electron chi connectivity index (χ0n) is 20.2. The maximum absolute atomic E-state index is 12.4. The number of aromatic nitrogens is 4. The molecule has 5 rings (SSSR count). The second kappa shape index (κ2) is 9.25. The van der Waals surface area contributed by atoms with Gasteiger partial charge in [0.25, 0.3) is 5.91 Å². The van der Waals surface area contributed by atoms with Crippen molar-refractivity contribution < 1.29 is 14.3 Å². The molecule has 1 aromatic carbocycles. The topological polar surface area (TPSA) is 105 Å². The maximum Gasteiger partial charge on any atom is 0.254 e. The van der Waals surface area contributed by atoms with Crippen molar-refractivity contribution in [2.75, 3.05) is 32.6 Å². The number of anilines is 1. The van der Waals surface area contributed by atoms with E-state index in [0.29, 0.717) is 24.4 Å². The summed E-state index contributed by atoms with van der Waals surface area (Å²) >= 11 is 0. The highest BCUT2D eigenvalue weighted by molar-refractivity contribution is 5.96. The Morgan fingerprint density at radius 3 is 2.63 bits per heavy atom. The maximum atomic E-state index is 12.4. The molecule has 1 aliphatic rings. The lowest BCUT2D eigenvalue weighted by Crippen LogP contribution is -2.21. The number of aromatic amines is 1. The van der Waals surface area contributed by atoms with Gasteiger partial charge in [0, 0.05) is 37.7 Å². The fraction of sp³-hybridized carbons (Fsp3) is 0.308. The second-order valence-corrected chi connectivity index (χ2v) is 9.10. The summed E-state index contributed by atoms with van der Waals surface area (Å²) in [5.41, 5.74) is 3.92. The summed E-state index contributed by atoms with van der Waals surface area (Å²) in [7, 11) is 3.44. The minimum Gasteiger partial charge on any atom is -0.486 e. The molecule has 180 valence electrons. The third-order valence-electron chi connectivity index (χ3n) is 6.01. The molecular weight excluding hydrogens is 444 g/mol. The van der Waals surface area contributed by atoms with Crippen molar-refractivity contribution in [1.29, 1.82) is 0 Å². The molecule has 0 spiro atoms. The molecule has 1 atom stereocenters. The zero-order valence-corrected chi connectivity index (χ0v) is 20.2. The predicted octanol–water partition coefficient (Wildman–Crippen LogP) is 4.30. The van der Waals surface area contributed by atoms with Crippen LogP contribution in [-0.4, -0.2) is 58.1 Å². The van der Waals surface area contributed by atoms with Gasteiger partial charge < -0.3 is 24.7 Å². The van der Waals surface area contributed by atoms with Crippen molar-refractivity contribution >= 4 is 22.8 Å². The summed E-state index contributed by atoms with van der Waals surface area (Å²) in [6, 6.07) is 9.86. The molecular formula is C26H28N6O3. The number of hydrogen-bond donors (Lipinski definition) is 2. The van der Waals surface area contributed by atoms with Gasteiger partial charge in [0.2, 0.25) is 0 Å². The van der Waals surface area contributed by atoms with Crippen LogP contribution in [0.3, 0.4) is 0 Å². The lowest BCUT2D eigenvalue weighted by molar-refractivity contribution is 0.0827. The number of amides is 1. The number of pyridine rings is 1. The van der Waals surface area contributed by atoms with Gasteiger partial charge >= 0.3 is 0 Å². The lowest BCUT2D eigenvalue weighted by atomic mass is 9.95. The predicted molar refractivity (Wildman–Crippen MR) is 134 cm³/mol. The molecule has 9 heteroatoms. The van der Waals surface area contributed by atoms with E-state index in [2.05, 4.69) is 45.2 Å². The summed E-state index contributed by atoms with van der Waals surface area (Å²) in [5, 5.41) is 4.47. The van der Waals surface area contributed by atoms with Gasteiger partial charge in [-0.05, 0) is 35.7 Å². The van der Waals surface area contributed by atoms with Crippen LogP contribution < -0.4 is 14.8 Å². The molecule has 4 aromatic rings. The van der Waals surface area contributed by atoms with E-state index in [4.69, 9.17) is 9.47 Å². The summed E-state index contributed by atoms with van der Waals surface area (Å²) in [6.45, 7) is 5.43. The number of benzene rings is 1. The first-order chi connectivity index (χ1) is 16.9. The summed E-state index contributed by atoms with van der Waals surface area (Å²) in [5.74, 6) is 2.43. The van der Waals surface area contributed by atoms with Crippen LogP contribution >= 0.6 is 0 Å². The van der Waals surface area contributed by atoms with E-state index in [1.54, 1.807) is 26.5 Å². The SMILES string of the molecule is CC(C)[C@@H](Nc1ncnc2[nH]c(-c3cncc(C(=O)N(C)C)c3)cc12)c1ccc2c(c1)OCCO2. The Labute approximate surface area is 203 Å². The first-order valence-corrected chi connectivity index (χ1v) is 11.6. The van der Waals surface area contributed by atoms with Crippen LogP contribution in [0.5, 0.6) is 11.5 Å². The number of carbonyl (C=O) groups is 1. The molecule has 0 saturated heterocycles. The Morgan fingerprint density at radius 2 is 1.86 bits per heavy atom. The van der Waals surface area contributed by atoms with Crippen molar-refractivity contribution in [2.45, 2.75) is 19.9 Å². The molecule has 0 unspecified atom stereocenters. The number of nitrogens with one attached hydrogen (secondary N) is 2. The standard InChI is InChI=1S/C26H28N6O3/c1-15(2)23(16-5-6-21-22(10-16)35-8-7-34-21)31-25-19-11-20(30-24(19)28-14-29-25)17-9-18(13-27-12-17)26(33)32(3)4/h5-6,9-15,23H,7-8H2,1-4H3,(H2,28,29,30,31)/t23-/m1/s1. The highest BCUT2D eigenvalue weighted by atomic mass is 16.6. The Morgan fingerprint density at radius 1 is 1.06 bits per heavy atom. The first kappa shape index (κ1) is 22.6. The van der Waals surface area contributed by atoms with Gasteiger partial charge in [-0.2, -0.15) is 0 Å². The first-order valence-electron chi connectivity index (χ1n) is 11.6. The van der Waals surface area contributed by atoms with Crippen molar-refractivity contribution in [1.82, 2.24) is 24.8 Å². The molecule has 0 radical (unpaired) electrons. The molecule has 4 heterocycles. The number of carbonyl (C=O) groups excluding carboxylic acids is 1. The molecule has 2 N–H and O–H groups in total. The van der Waals surface area contributed by atoms with Gasteiger partial charge in [0.05, 0.1) is 17.0 Å². The van der Waals surface area contributed by atoms with E-state index in [1.807, 2.05) is 24.3 Å². The summed E-state index contributed by atoms with van der Waals surface area (Å²) < 4.78 is 11.5. The fourth-order valence-electron chi connectivity index (χ4n) is 4.21. The van der Waals surface area contributed by atoms with E-state index >= 15 is 0 Å². The van der Waals surface area contributed by atoms with E-state index < -0.39 is 0 Å². The quantitative estimate of drug-likeness (QED) is 0.431. The van der Waals surface area contributed by atoms with E-state index in [0.717, 1.165) is 39.5 Å². The second-order valence-electron chi connectivity index (χ2n) is 9.10. The number of H-pyrrole nitrogens is 1. The Balaban J connectivity index is 1.48. The van der Waals surface area contributed by atoms with E-state index in [-0.39, 0.29) is 17.9 Å². The van der Waals surface area contributed by atoms with E-state index in [1.165, 1.54) is 11.2 Å². The largest absolute Gasteiger partial charge is 0.486 e. The lowest BCUT2D eigenvalue weighted by Gasteiger charge is -2.26. The molecule has 3 aromatic heterocycles. The monoisotopic (exact) mass is 472 g/mol. The van der Waals surface area contributed by atoms with Crippen LogP contribution in [0.15, 0.2) is 49.1 Å². The minimum absolute atomic E-state index is 0.00927. The van der Waals surface area contributed by atoms with Crippen LogP contribution in [0.2, 0.25) is 0 Å². The van der Waals surface area contributed by atoms with Crippen LogP contribution in [0.1, 0.15) is 35.8 Å². The van der Waals surface area contributed by atoms with Gasteiger partial charge in [-0.1, -0.05) is 19.9 Å². The van der Waals surface area contributed by atoms with Crippen molar-refractivity contribution in [2.24, 2.45) is 5.92 Å². The molecule has 0 fully saturated rings. The van der Waals surface area contributed by atoms with Gasteiger partial charge in [0.1, 0.15) is 31.0 Å². The van der Waals surface area contributed by atoms with Gasteiger partial charge in [0.15, 0.2) is 11.5 Å². The molecule has 0 saturated carbocycles. The van der Waals surface area contributed by atoms with Gasteiger partial charge in [-0.3, -0.25) is 9.78 Å². The number of nitrogens with zero attached hydrogens (tertiary/aromatic N) is 4. The molecule has 0 bridgehead atoms. The van der Waals surface area contributed by atoms with Crippen molar-refractivity contribution in [3.63, 3.8) is 0 Å². The number of hydrogen-bond acceptors (Lipinski definition) is 7. The third-order valence-corrected chi connectivity index (χ3v) is 6.01. The Bertz CT molecular complexity index is 1380. The molecule has 1 aliphatic heterocycles. The fourth-order valence-corrected chi connectivity index (χ4v) is 4.21. The zero-order chi connectivity index (χ0) is 24.5. The van der Waals surface area contributed by atoms with Crippen molar-refractivity contribution in [3.05, 3.63) is 60.2 Å². The smallest absolute Gasteiger partial charge is 0.254 e.